The van der Waals surface area contributed by atoms with Gasteiger partial charge in [-0.15, -0.1) is 0 Å². The molecule has 2 nitrogen and oxygen atoms in total. The van der Waals surface area contributed by atoms with E-state index in [0.29, 0.717) is 22.8 Å². The van der Waals surface area contributed by atoms with Crippen molar-refractivity contribution in [3.8, 4) is 0 Å². The molecular formula is C20H14F6N2. The molecule has 3 aromatic rings. The number of hydrogen-bond donors (Lipinski definition) is 0. The molecule has 0 fully saturated rings. The summed E-state index contributed by atoms with van der Waals surface area (Å²) in [5.74, 6) is 0. The first kappa shape index (κ1) is 19.7. The quantitative estimate of drug-likeness (QED) is 0.448. The first-order chi connectivity index (χ1) is 13.1. The summed E-state index contributed by atoms with van der Waals surface area (Å²) < 4.78 is 77.1. The molecule has 0 aliphatic heterocycles. The Morgan fingerprint density at radius 2 is 1.07 bits per heavy atom. The third-order valence-electron chi connectivity index (χ3n) is 4.04. The van der Waals surface area contributed by atoms with E-state index in [1.165, 1.54) is 30.5 Å². The highest BCUT2D eigenvalue weighted by Crippen LogP contribution is 2.38. The highest BCUT2D eigenvalue weighted by Gasteiger charge is 2.31. The van der Waals surface area contributed by atoms with E-state index in [-0.39, 0.29) is 0 Å². The van der Waals surface area contributed by atoms with Crippen LogP contribution in [0, 0.1) is 6.92 Å². The van der Waals surface area contributed by atoms with E-state index in [1.807, 2.05) is 0 Å². The molecule has 1 heterocycles. The van der Waals surface area contributed by atoms with Crippen LogP contribution in [0.3, 0.4) is 0 Å². The van der Waals surface area contributed by atoms with Crippen molar-refractivity contribution in [2.24, 2.45) is 0 Å². The number of alkyl halides is 6. The molecule has 0 N–H and O–H groups in total. The van der Waals surface area contributed by atoms with Crippen LogP contribution in [0.15, 0.2) is 66.9 Å². The second kappa shape index (κ2) is 7.18. The minimum Gasteiger partial charge on any atom is -0.310 e. The Balaban J connectivity index is 2.08. The van der Waals surface area contributed by atoms with Gasteiger partial charge in [-0.05, 0) is 67.6 Å². The first-order valence-corrected chi connectivity index (χ1v) is 8.13. The Morgan fingerprint density at radius 3 is 1.43 bits per heavy atom. The van der Waals surface area contributed by atoms with Crippen molar-refractivity contribution in [2.75, 3.05) is 4.90 Å². The lowest BCUT2D eigenvalue weighted by atomic mass is 10.1. The van der Waals surface area contributed by atoms with Crippen molar-refractivity contribution in [1.29, 1.82) is 0 Å². The Labute approximate surface area is 157 Å². The number of pyridine rings is 1. The molecule has 3 rings (SSSR count). The number of aromatic nitrogens is 1. The van der Waals surface area contributed by atoms with Gasteiger partial charge in [-0.3, -0.25) is 4.98 Å². The number of halogens is 6. The van der Waals surface area contributed by atoms with Crippen molar-refractivity contribution in [3.63, 3.8) is 0 Å². The van der Waals surface area contributed by atoms with Gasteiger partial charge in [-0.25, -0.2) is 0 Å². The average Bonchev–Trinajstić information content (AvgIpc) is 2.61. The molecule has 1 aromatic heterocycles. The van der Waals surface area contributed by atoms with Gasteiger partial charge >= 0.3 is 12.4 Å². The minimum absolute atomic E-state index is 0.373. The summed E-state index contributed by atoms with van der Waals surface area (Å²) in [4.78, 5) is 5.64. The van der Waals surface area contributed by atoms with Gasteiger partial charge in [0, 0.05) is 29.0 Å². The highest BCUT2D eigenvalue weighted by atomic mass is 19.4. The Morgan fingerprint density at radius 1 is 0.643 bits per heavy atom. The molecule has 146 valence electrons. The molecule has 0 unspecified atom stereocenters. The molecule has 8 heteroatoms. The SMILES string of the molecule is Cc1cc(N(c2ccc(C(F)(F)F)cc2)c2ccc(C(F)(F)F)cc2)ccn1. The Kier molecular flexibility index (Phi) is 5.06. The van der Waals surface area contributed by atoms with E-state index in [0.717, 1.165) is 24.3 Å². The van der Waals surface area contributed by atoms with Crippen LogP contribution in [0.1, 0.15) is 16.8 Å². The van der Waals surface area contributed by atoms with E-state index in [4.69, 9.17) is 0 Å². The van der Waals surface area contributed by atoms with Crippen LogP contribution in [-0.2, 0) is 12.4 Å². The molecule has 0 aliphatic carbocycles. The van der Waals surface area contributed by atoms with Crippen molar-refractivity contribution < 1.29 is 26.3 Å². The van der Waals surface area contributed by atoms with E-state index in [1.54, 1.807) is 24.0 Å². The van der Waals surface area contributed by atoms with Gasteiger partial charge in [0.05, 0.1) is 11.1 Å². The molecule has 0 amide bonds. The van der Waals surface area contributed by atoms with Crippen LogP contribution < -0.4 is 4.90 Å². The molecule has 0 atom stereocenters. The molecule has 0 saturated carbocycles. The summed E-state index contributed by atoms with van der Waals surface area (Å²) >= 11 is 0. The van der Waals surface area contributed by atoms with Crippen LogP contribution in [0.4, 0.5) is 43.4 Å². The molecular weight excluding hydrogens is 382 g/mol. The summed E-state index contributed by atoms with van der Waals surface area (Å²) in [5.41, 5.74) is 0.342. The van der Waals surface area contributed by atoms with Crippen LogP contribution >= 0.6 is 0 Å². The van der Waals surface area contributed by atoms with Gasteiger partial charge in [0.1, 0.15) is 0 Å². The smallest absolute Gasteiger partial charge is 0.310 e. The van der Waals surface area contributed by atoms with Crippen LogP contribution in [-0.4, -0.2) is 4.98 Å². The summed E-state index contributed by atoms with van der Waals surface area (Å²) in [6.45, 7) is 1.74. The maximum atomic E-state index is 12.8. The van der Waals surface area contributed by atoms with Gasteiger partial charge in [0.2, 0.25) is 0 Å². The van der Waals surface area contributed by atoms with Gasteiger partial charge < -0.3 is 4.90 Å². The number of hydrogen-bond acceptors (Lipinski definition) is 2. The minimum atomic E-state index is -4.48. The fourth-order valence-electron chi connectivity index (χ4n) is 2.72. The largest absolute Gasteiger partial charge is 0.416 e. The first-order valence-electron chi connectivity index (χ1n) is 8.13. The fraction of sp³-hybridized carbons (Fsp3) is 0.150. The Bertz CT molecular complexity index is 887. The van der Waals surface area contributed by atoms with Gasteiger partial charge in [-0.1, -0.05) is 0 Å². The highest BCUT2D eigenvalue weighted by molar-refractivity contribution is 5.76. The van der Waals surface area contributed by atoms with E-state index in [2.05, 4.69) is 4.98 Å². The molecule has 2 aromatic carbocycles. The van der Waals surface area contributed by atoms with Crippen LogP contribution in [0.25, 0.3) is 0 Å². The molecule has 28 heavy (non-hydrogen) atoms. The lowest BCUT2D eigenvalue weighted by Gasteiger charge is -2.26. The lowest BCUT2D eigenvalue weighted by molar-refractivity contribution is -0.138. The van der Waals surface area contributed by atoms with E-state index in [9.17, 15) is 26.3 Å². The van der Waals surface area contributed by atoms with Crippen LogP contribution in [0.2, 0.25) is 0 Å². The second-order valence-electron chi connectivity index (χ2n) is 6.08. The van der Waals surface area contributed by atoms with Crippen molar-refractivity contribution in [1.82, 2.24) is 4.98 Å². The number of anilines is 3. The summed E-state index contributed by atoms with van der Waals surface area (Å²) in [5, 5.41) is 0. The van der Waals surface area contributed by atoms with Crippen molar-refractivity contribution >= 4 is 17.1 Å². The van der Waals surface area contributed by atoms with E-state index >= 15 is 0 Å². The normalized spacial score (nSPS) is 12.1. The fourth-order valence-corrected chi connectivity index (χ4v) is 2.72. The predicted octanol–water partition coefficient (Wildman–Crippen LogP) is 6.90. The number of benzene rings is 2. The predicted molar refractivity (Wildman–Crippen MR) is 93.7 cm³/mol. The third kappa shape index (κ3) is 4.27. The van der Waals surface area contributed by atoms with Crippen LogP contribution in [0.5, 0.6) is 0 Å². The molecule has 0 aliphatic rings. The molecule has 0 spiro atoms. The third-order valence-corrected chi connectivity index (χ3v) is 4.04. The summed E-state index contributed by atoms with van der Waals surface area (Å²) in [6, 6.07) is 12.1. The maximum Gasteiger partial charge on any atom is 0.416 e. The molecule has 0 radical (unpaired) electrons. The molecule has 0 bridgehead atoms. The maximum absolute atomic E-state index is 12.8. The number of aryl methyl sites for hydroxylation is 1. The van der Waals surface area contributed by atoms with E-state index < -0.39 is 23.5 Å². The summed E-state index contributed by atoms with van der Waals surface area (Å²) in [6.07, 6.45) is -7.44. The zero-order chi connectivity index (χ0) is 20.5. The van der Waals surface area contributed by atoms with Gasteiger partial charge in [0.15, 0.2) is 0 Å². The lowest BCUT2D eigenvalue weighted by Crippen LogP contribution is -2.12. The standard InChI is InChI=1S/C20H14F6N2/c1-13-12-18(10-11-27-13)28(16-6-2-14(3-7-16)19(21,22)23)17-8-4-15(5-9-17)20(24,25)26/h2-12H,1H3. The topological polar surface area (TPSA) is 16.1 Å². The Hall–Kier alpha value is -3.03. The van der Waals surface area contributed by atoms with Crippen molar-refractivity contribution in [2.45, 2.75) is 19.3 Å². The van der Waals surface area contributed by atoms with Gasteiger partial charge in [-0.2, -0.15) is 26.3 Å². The molecule has 0 saturated heterocycles. The zero-order valence-electron chi connectivity index (χ0n) is 14.5. The van der Waals surface area contributed by atoms with Crippen molar-refractivity contribution in [3.05, 3.63) is 83.7 Å². The average molecular weight is 396 g/mol. The van der Waals surface area contributed by atoms with Gasteiger partial charge in [0.25, 0.3) is 0 Å². The summed E-state index contributed by atoms with van der Waals surface area (Å²) in [7, 11) is 0. The monoisotopic (exact) mass is 396 g/mol. The number of nitrogens with zero attached hydrogens (tertiary/aromatic N) is 2. The zero-order valence-corrected chi connectivity index (χ0v) is 14.5. The number of rotatable bonds is 3. The second-order valence-corrected chi connectivity index (χ2v) is 6.08.